The lowest BCUT2D eigenvalue weighted by molar-refractivity contribution is -0.142. The summed E-state index contributed by atoms with van der Waals surface area (Å²) in [6.07, 6.45) is 6.62. The number of carbonyl (C=O) groups is 2. The van der Waals surface area contributed by atoms with Crippen LogP contribution in [0.4, 0.5) is 5.69 Å². The van der Waals surface area contributed by atoms with Gasteiger partial charge in [0, 0.05) is 19.8 Å². The number of benzene rings is 2. The molecule has 2 aromatic carbocycles. The van der Waals surface area contributed by atoms with Gasteiger partial charge in [0.25, 0.3) is 0 Å². The maximum Gasteiger partial charge on any atom is 0.337 e. The predicted octanol–water partition coefficient (Wildman–Crippen LogP) is 5.04. The average Bonchev–Trinajstić information content (AvgIpc) is 2.80. The van der Waals surface area contributed by atoms with Crippen LogP contribution in [0.3, 0.4) is 0 Å². The van der Waals surface area contributed by atoms with Crippen molar-refractivity contribution >= 4 is 17.6 Å². The van der Waals surface area contributed by atoms with Crippen LogP contribution in [0.25, 0.3) is 0 Å². The Hall–Kier alpha value is -3.02. The molecular weight excluding hydrogens is 406 g/mol. The normalized spacial score (nSPS) is 10.5. The fourth-order valence-electron chi connectivity index (χ4n) is 3.22. The van der Waals surface area contributed by atoms with Crippen LogP contribution in [0.2, 0.25) is 0 Å². The minimum atomic E-state index is -0.346. The van der Waals surface area contributed by atoms with E-state index in [1.807, 2.05) is 43.3 Å². The highest BCUT2D eigenvalue weighted by Gasteiger charge is 2.06. The Morgan fingerprint density at radius 1 is 0.781 bits per heavy atom. The van der Waals surface area contributed by atoms with E-state index >= 15 is 0 Å². The average molecular weight is 442 g/mol. The molecule has 0 atom stereocenters. The van der Waals surface area contributed by atoms with E-state index in [-0.39, 0.29) is 11.9 Å². The van der Waals surface area contributed by atoms with Crippen molar-refractivity contribution in [2.75, 3.05) is 39.3 Å². The number of rotatable bonds is 14. The summed E-state index contributed by atoms with van der Waals surface area (Å²) in [5.41, 5.74) is 2.61. The molecule has 0 aromatic heterocycles. The molecule has 0 aliphatic carbocycles. The largest absolute Gasteiger partial charge is 0.494 e. The van der Waals surface area contributed by atoms with Crippen molar-refractivity contribution in [3.8, 4) is 5.75 Å². The Morgan fingerprint density at radius 2 is 1.38 bits per heavy atom. The van der Waals surface area contributed by atoms with Gasteiger partial charge in [-0.3, -0.25) is 4.79 Å². The van der Waals surface area contributed by atoms with E-state index in [0.29, 0.717) is 25.2 Å². The first-order chi connectivity index (χ1) is 15.5. The van der Waals surface area contributed by atoms with E-state index in [1.165, 1.54) is 7.11 Å². The molecule has 0 fully saturated rings. The van der Waals surface area contributed by atoms with Crippen LogP contribution in [0.5, 0.6) is 5.75 Å². The number of anilines is 1. The van der Waals surface area contributed by atoms with E-state index in [0.717, 1.165) is 55.5 Å². The maximum atomic E-state index is 12.0. The first kappa shape index (κ1) is 25.2. The fraction of sp³-hybridized carbons (Fsp3) is 0.462. The summed E-state index contributed by atoms with van der Waals surface area (Å²) >= 11 is 0. The number of nitrogens with zero attached hydrogens (tertiary/aromatic N) is 1. The molecule has 0 N–H and O–H groups in total. The Kier molecular flexibility index (Phi) is 11.1. The summed E-state index contributed by atoms with van der Waals surface area (Å²) in [5, 5.41) is 0. The van der Waals surface area contributed by atoms with Crippen molar-refractivity contribution in [1.29, 1.82) is 0 Å². The predicted molar refractivity (Wildman–Crippen MR) is 126 cm³/mol. The smallest absolute Gasteiger partial charge is 0.337 e. The summed E-state index contributed by atoms with van der Waals surface area (Å²) < 4.78 is 15.7. The molecule has 0 amide bonds. The molecule has 0 spiro atoms. The number of ether oxygens (including phenoxy) is 3. The third kappa shape index (κ3) is 9.41. The van der Waals surface area contributed by atoms with E-state index in [1.54, 1.807) is 24.3 Å². The lowest BCUT2D eigenvalue weighted by Gasteiger charge is -2.12. The second kappa shape index (κ2) is 14.1. The van der Waals surface area contributed by atoms with Crippen molar-refractivity contribution < 1.29 is 23.8 Å². The van der Waals surface area contributed by atoms with Crippen molar-refractivity contribution in [3.63, 3.8) is 0 Å². The molecular formula is C26H35NO5. The van der Waals surface area contributed by atoms with Gasteiger partial charge in [0.15, 0.2) is 0 Å². The van der Waals surface area contributed by atoms with Crippen LogP contribution in [-0.4, -0.2) is 46.4 Å². The quantitative estimate of drug-likeness (QED) is 0.302. The monoisotopic (exact) mass is 441 g/mol. The summed E-state index contributed by atoms with van der Waals surface area (Å²) in [6, 6.07) is 14.9. The molecule has 174 valence electrons. The van der Waals surface area contributed by atoms with Crippen LogP contribution in [0.15, 0.2) is 48.5 Å². The van der Waals surface area contributed by atoms with Gasteiger partial charge < -0.3 is 19.1 Å². The number of hydrogen-bond donors (Lipinski definition) is 0. The second-order valence-electron chi connectivity index (χ2n) is 7.94. The summed E-state index contributed by atoms with van der Waals surface area (Å²) in [7, 11) is 5.35. The van der Waals surface area contributed by atoms with E-state index in [2.05, 4.69) is 4.74 Å². The van der Waals surface area contributed by atoms with E-state index in [9.17, 15) is 9.59 Å². The first-order valence-corrected chi connectivity index (χ1v) is 11.2. The van der Waals surface area contributed by atoms with Crippen molar-refractivity contribution in [1.82, 2.24) is 0 Å². The van der Waals surface area contributed by atoms with Crippen LogP contribution in [0, 0.1) is 0 Å². The van der Waals surface area contributed by atoms with Gasteiger partial charge in [-0.05, 0) is 54.8 Å². The zero-order valence-corrected chi connectivity index (χ0v) is 19.5. The molecule has 0 saturated carbocycles. The SMILES string of the molecule is COC(=O)c1ccc(OCCCCCCCCOC(=O)Cc2ccc(N(C)C)cc2)cc1. The Bertz CT molecular complexity index is 815. The highest BCUT2D eigenvalue weighted by atomic mass is 16.5. The van der Waals surface area contributed by atoms with Crippen LogP contribution < -0.4 is 9.64 Å². The van der Waals surface area contributed by atoms with Crippen molar-refractivity contribution in [2.45, 2.75) is 44.9 Å². The molecule has 0 saturated heterocycles. The van der Waals surface area contributed by atoms with Gasteiger partial charge in [-0.25, -0.2) is 4.79 Å². The number of unbranched alkanes of at least 4 members (excludes halogenated alkanes) is 5. The van der Waals surface area contributed by atoms with Crippen LogP contribution in [-0.2, 0) is 20.7 Å². The van der Waals surface area contributed by atoms with Crippen molar-refractivity contribution in [2.24, 2.45) is 0 Å². The summed E-state index contributed by atoms with van der Waals surface area (Å²) in [5.74, 6) is 0.244. The molecule has 0 radical (unpaired) electrons. The Balaban J connectivity index is 1.45. The first-order valence-electron chi connectivity index (χ1n) is 11.2. The van der Waals surface area contributed by atoms with Gasteiger partial charge in [0.2, 0.25) is 0 Å². The van der Waals surface area contributed by atoms with Gasteiger partial charge in [0.1, 0.15) is 5.75 Å². The second-order valence-corrected chi connectivity index (χ2v) is 7.94. The van der Waals surface area contributed by atoms with E-state index in [4.69, 9.17) is 9.47 Å². The van der Waals surface area contributed by atoms with Gasteiger partial charge in [-0.15, -0.1) is 0 Å². The third-order valence-corrected chi connectivity index (χ3v) is 5.15. The fourth-order valence-corrected chi connectivity index (χ4v) is 3.22. The molecule has 0 aliphatic rings. The molecule has 0 unspecified atom stereocenters. The van der Waals surface area contributed by atoms with Gasteiger partial charge in [0.05, 0.1) is 32.3 Å². The lowest BCUT2D eigenvalue weighted by atomic mass is 10.1. The third-order valence-electron chi connectivity index (χ3n) is 5.15. The zero-order chi connectivity index (χ0) is 23.2. The van der Waals surface area contributed by atoms with Gasteiger partial charge in [-0.1, -0.05) is 37.8 Å². The molecule has 2 rings (SSSR count). The highest BCUT2D eigenvalue weighted by molar-refractivity contribution is 5.89. The summed E-state index contributed by atoms with van der Waals surface area (Å²) in [4.78, 5) is 25.4. The zero-order valence-electron chi connectivity index (χ0n) is 19.5. The lowest BCUT2D eigenvalue weighted by Crippen LogP contribution is -2.10. The molecule has 0 heterocycles. The maximum absolute atomic E-state index is 12.0. The minimum absolute atomic E-state index is 0.167. The van der Waals surface area contributed by atoms with Crippen LogP contribution in [0.1, 0.15) is 54.4 Å². The molecule has 0 bridgehead atoms. The topological polar surface area (TPSA) is 65.1 Å². The number of methoxy groups -OCH3 is 1. The Labute approximate surface area is 191 Å². The van der Waals surface area contributed by atoms with E-state index < -0.39 is 0 Å². The molecule has 2 aromatic rings. The minimum Gasteiger partial charge on any atom is -0.494 e. The molecule has 32 heavy (non-hydrogen) atoms. The highest BCUT2D eigenvalue weighted by Crippen LogP contribution is 2.15. The molecule has 6 nitrogen and oxygen atoms in total. The van der Waals surface area contributed by atoms with Crippen LogP contribution >= 0.6 is 0 Å². The Morgan fingerprint density at radius 3 is 1.97 bits per heavy atom. The number of carbonyl (C=O) groups excluding carboxylic acids is 2. The molecule has 6 heteroatoms. The van der Waals surface area contributed by atoms with Gasteiger partial charge >= 0.3 is 11.9 Å². The standard InChI is InChI=1S/C26H35NO5/c1-27(2)23-14-10-21(11-15-23)20-25(28)32-19-9-7-5-4-6-8-18-31-24-16-12-22(13-17-24)26(29)30-3/h10-17H,4-9,18-20H2,1-3H3. The summed E-state index contributed by atoms with van der Waals surface area (Å²) in [6.45, 7) is 1.14. The number of hydrogen-bond acceptors (Lipinski definition) is 6. The van der Waals surface area contributed by atoms with Crippen molar-refractivity contribution in [3.05, 3.63) is 59.7 Å². The van der Waals surface area contributed by atoms with Gasteiger partial charge in [-0.2, -0.15) is 0 Å². The molecule has 0 aliphatic heterocycles. The number of esters is 2.